The maximum atomic E-state index is 5.94. The van der Waals surface area contributed by atoms with Crippen LogP contribution >= 0.6 is 0 Å². The van der Waals surface area contributed by atoms with E-state index >= 15 is 0 Å². The van der Waals surface area contributed by atoms with Gasteiger partial charge in [0.05, 0.1) is 0 Å². The highest BCUT2D eigenvalue weighted by Crippen LogP contribution is 2.29. The standard InChI is InChI=1S/C19H23NO2/c1-14-9-10-16(20)13-19(14)22-12-11-21-18-8-4-6-15-5-2-3-7-17(15)18/h4,6,8-10,13H,2-3,5,7,11-12,20H2,1H3. The maximum absolute atomic E-state index is 5.94. The summed E-state index contributed by atoms with van der Waals surface area (Å²) in [5.41, 5.74) is 10.4. The Labute approximate surface area is 132 Å². The van der Waals surface area contributed by atoms with Gasteiger partial charge in [-0.1, -0.05) is 18.2 Å². The summed E-state index contributed by atoms with van der Waals surface area (Å²) >= 11 is 0. The second-order valence-electron chi connectivity index (χ2n) is 5.82. The monoisotopic (exact) mass is 297 g/mol. The normalized spacial score (nSPS) is 13.5. The molecule has 0 fully saturated rings. The Balaban J connectivity index is 1.56. The molecule has 0 aliphatic heterocycles. The third kappa shape index (κ3) is 3.35. The Morgan fingerprint density at radius 1 is 0.955 bits per heavy atom. The molecule has 0 spiro atoms. The van der Waals surface area contributed by atoms with E-state index in [9.17, 15) is 0 Å². The number of hydrogen-bond donors (Lipinski definition) is 1. The molecule has 0 saturated heterocycles. The summed E-state index contributed by atoms with van der Waals surface area (Å²) in [4.78, 5) is 0. The van der Waals surface area contributed by atoms with Crippen LogP contribution in [0.4, 0.5) is 5.69 Å². The number of nitrogens with two attached hydrogens (primary N) is 1. The lowest BCUT2D eigenvalue weighted by Gasteiger charge is -2.19. The van der Waals surface area contributed by atoms with Crippen LogP contribution in [0.2, 0.25) is 0 Å². The molecule has 116 valence electrons. The van der Waals surface area contributed by atoms with Crippen molar-refractivity contribution in [2.75, 3.05) is 18.9 Å². The fourth-order valence-electron chi connectivity index (χ4n) is 2.96. The fourth-order valence-corrected chi connectivity index (χ4v) is 2.96. The summed E-state index contributed by atoms with van der Waals surface area (Å²) in [6.45, 7) is 3.09. The van der Waals surface area contributed by atoms with Crippen LogP contribution in [0.3, 0.4) is 0 Å². The van der Waals surface area contributed by atoms with E-state index < -0.39 is 0 Å². The molecule has 3 nitrogen and oxygen atoms in total. The summed E-state index contributed by atoms with van der Waals surface area (Å²) < 4.78 is 11.7. The topological polar surface area (TPSA) is 44.5 Å². The molecule has 0 radical (unpaired) electrons. The smallest absolute Gasteiger partial charge is 0.124 e. The lowest BCUT2D eigenvalue weighted by Crippen LogP contribution is -2.12. The van der Waals surface area contributed by atoms with Gasteiger partial charge < -0.3 is 15.2 Å². The van der Waals surface area contributed by atoms with Crippen molar-refractivity contribution in [2.45, 2.75) is 32.6 Å². The molecule has 1 aliphatic rings. The molecule has 1 aliphatic carbocycles. The van der Waals surface area contributed by atoms with Gasteiger partial charge in [-0.15, -0.1) is 0 Å². The van der Waals surface area contributed by atoms with Gasteiger partial charge in [0, 0.05) is 11.8 Å². The van der Waals surface area contributed by atoms with Gasteiger partial charge in [-0.25, -0.2) is 0 Å². The van der Waals surface area contributed by atoms with Crippen molar-refractivity contribution in [1.29, 1.82) is 0 Å². The molecule has 2 aromatic carbocycles. The molecular weight excluding hydrogens is 274 g/mol. The van der Waals surface area contributed by atoms with Crippen molar-refractivity contribution in [3.8, 4) is 11.5 Å². The van der Waals surface area contributed by atoms with Gasteiger partial charge in [-0.05, 0) is 61.4 Å². The first-order valence-corrected chi connectivity index (χ1v) is 7.96. The molecule has 3 rings (SSSR count). The highest BCUT2D eigenvalue weighted by atomic mass is 16.5. The largest absolute Gasteiger partial charge is 0.490 e. The summed E-state index contributed by atoms with van der Waals surface area (Å²) in [6, 6.07) is 12.1. The van der Waals surface area contributed by atoms with Gasteiger partial charge in [0.1, 0.15) is 24.7 Å². The van der Waals surface area contributed by atoms with Gasteiger partial charge >= 0.3 is 0 Å². The average molecular weight is 297 g/mol. The van der Waals surface area contributed by atoms with E-state index in [0.717, 1.165) is 29.2 Å². The second-order valence-corrected chi connectivity index (χ2v) is 5.82. The van der Waals surface area contributed by atoms with Crippen molar-refractivity contribution in [2.24, 2.45) is 0 Å². The van der Waals surface area contributed by atoms with Crippen LogP contribution in [0.5, 0.6) is 11.5 Å². The predicted octanol–water partition coefficient (Wildman–Crippen LogP) is 3.91. The van der Waals surface area contributed by atoms with Crippen LogP contribution in [-0.2, 0) is 12.8 Å². The summed E-state index contributed by atoms with van der Waals surface area (Å²) in [7, 11) is 0. The van der Waals surface area contributed by atoms with Crippen molar-refractivity contribution in [3.63, 3.8) is 0 Å². The van der Waals surface area contributed by atoms with Gasteiger partial charge in [0.25, 0.3) is 0 Å². The minimum Gasteiger partial charge on any atom is -0.490 e. The molecule has 0 saturated carbocycles. The fraction of sp³-hybridized carbons (Fsp3) is 0.368. The van der Waals surface area contributed by atoms with Crippen LogP contribution in [-0.4, -0.2) is 13.2 Å². The zero-order valence-corrected chi connectivity index (χ0v) is 13.1. The molecule has 22 heavy (non-hydrogen) atoms. The second kappa shape index (κ2) is 6.73. The molecule has 2 N–H and O–H groups in total. The Kier molecular flexibility index (Phi) is 4.52. The van der Waals surface area contributed by atoms with E-state index in [1.54, 1.807) is 0 Å². The van der Waals surface area contributed by atoms with Crippen molar-refractivity contribution < 1.29 is 9.47 Å². The molecular formula is C19H23NO2. The lowest BCUT2D eigenvalue weighted by atomic mass is 9.91. The van der Waals surface area contributed by atoms with Crippen LogP contribution in [0.25, 0.3) is 0 Å². The maximum Gasteiger partial charge on any atom is 0.124 e. The van der Waals surface area contributed by atoms with E-state index in [2.05, 4.69) is 18.2 Å². The Bertz CT molecular complexity index is 652. The van der Waals surface area contributed by atoms with E-state index in [4.69, 9.17) is 15.2 Å². The number of rotatable bonds is 5. The quantitative estimate of drug-likeness (QED) is 0.672. The molecule has 0 heterocycles. The summed E-state index contributed by atoms with van der Waals surface area (Å²) in [6.07, 6.45) is 4.84. The SMILES string of the molecule is Cc1ccc(N)cc1OCCOc1cccc2c1CCCC2. The number of fused-ring (bicyclic) bond motifs is 1. The van der Waals surface area contributed by atoms with Crippen molar-refractivity contribution in [3.05, 3.63) is 53.1 Å². The van der Waals surface area contributed by atoms with Crippen molar-refractivity contribution in [1.82, 2.24) is 0 Å². The van der Waals surface area contributed by atoms with Gasteiger partial charge in [0.2, 0.25) is 0 Å². The summed E-state index contributed by atoms with van der Waals surface area (Å²) in [5.74, 6) is 1.85. The molecule has 0 atom stereocenters. The highest BCUT2D eigenvalue weighted by Gasteiger charge is 2.13. The highest BCUT2D eigenvalue weighted by molar-refractivity contribution is 5.48. The third-order valence-electron chi connectivity index (χ3n) is 4.16. The van der Waals surface area contributed by atoms with E-state index in [0.29, 0.717) is 13.2 Å². The number of aryl methyl sites for hydroxylation is 2. The van der Waals surface area contributed by atoms with Gasteiger partial charge in [0.15, 0.2) is 0 Å². The summed E-state index contributed by atoms with van der Waals surface area (Å²) in [5, 5.41) is 0. The Morgan fingerprint density at radius 2 is 1.73 bits per heavy atom. The molecule has 0 aromatic heterocycles. The molecule has 0 unspecified atom stereocenters. The first-order valence-electron chi connectivity index (χ1n) is 7.96. The van der Waals surface area contributed by atoms with Gasteiger partial charge in [-0.2, -0.15) is 0 Å². The van der Waals surface area contributed by atoms with Crippen molar-refractivity contribution >= 4 is 5.69 Å². The van der Waals surface area contributed by atoms with Crippen LogP contribution in [0.1, 0.15) is 29.5 Å². The molecule has 2 aromatic rings. The number of hydrogen-bond acceptors (Lipinski definition) is 3. The predicted molar refractivity (Wildman–Crippen MR) is 89.7 cm³/mol. The molecule has 0 amide bonds. The zero-order valence-electron chi connectivity index (χ0n) is 13.1. The average Bonchev–Trinajstić information content (AvgIpc) is 2.54. The zero-order chi connectivity index (χ0) is 15.4. The minimum atomic E-state index is 0.522. The van der Waals surface area contributed by atoms with Gasteiger partial charge in [-0.3, -0.25) is 0 Å². The van der Waals surface area contributed by atoms with E-state index in [-0.39, 0.29) is 0 Å². The number of nitrogen functional groups attached to an aromatic ring is 1. The van der Waals surface area contributed by atoms with E-state index in [1.165, 1.54) is 30.4 Å². The first-order chi connectivity index (χ1) is 10.7. The van der Waals surface area contributed by atoms with Crippen LogP contribution in [0.15, 0.2) is 36.4 Å². The Hall–Kier alpha value is -2.16. The van der Waals surface area contributed by atoms with Crippen LogP contribution in [0, 0.1) is 6.92 Å². The minimum absolute atomic E-state index is 0.522. The molecule has 0 bridgehead atoms. The van der Waals surface area contributed by atoms with E-state index in [1.807, 2.05) is 25.1 Å². The third-order valence-corrected chi connectivity index (χ3v) is 4.16. The van der Waals surface area contributed by atoms with Crippen LogP contribution < -0.4 is 15.2 Å². The lowest BCUT2D eigenvalue weighted by molar-refractivity contribution is 0.214. The number of anilines is 1. The number of ether oxygens (including phenoxy) is 2. The first kappa shape index (κ1) is 14.8. The Morgan fingerprint density at radius 3 is 2.59 bits per heavy atom. The molecule has 3 heteroatoms. The number of benzene rings is 2.